The molecule has 0 radical (unpaired) electrons. The van der Waals surface area contributed by atoms with Gasteiger partial charge in [-0.05, 0) is 30.2 Å². The Balaban J connectivity index is 2.19. The van der Waals surface area contributed by atoms with Crippen LogP contribution in [0.3, 0.4) is 0 Å². The molecule has 0 saturated carbocycles. The Labute approximate surface area is 128 Å². The van der Waals surface area contributed by atoms with E-state index in [1.165, 1.54) is 5.39 Å². The fourth-order valence-electron chi connectivity index (χ4n) is 2.12. The van der Waals surface area contributed by atoms with Gasteiger partial charge in [-0.2, -0.15) is 0 Å². The van der Waals surface area contributed by atoms with Crippen molar-refractivity contribution in [1.29, 1.82) is 0 Å². The highest BCUT2D eigenvalue weighted by Gasteiger charge is 2.25. The molecule has 106 valence electrons. The van der Waals surface area contributed by atoms with E-state index in [1.54, 1.807) is 0 Å². The highest BCUT2D eigenvalue weighted by atomic mass is 79.9. The SMILES string of the molecule is CC(Br)C(C)(C)NC(=O)Cc1cccc2ccccc12. The van der Waals surface area contributed by atoms with Gasteiger partial charge in [0.2, 0.25) is 5.91 Å². The summed E-state index contributed by atoms with van der Waals surface area (Å²) in [5, 5.41) is 5.40. The van der Waals surface area contributed by atoms with Crippen molar-refractivity contribution in [3.8, 4) is 0 Å². The molecule has 0 spiro atoms. The molecule has 1 N–H and O–H groups in total. The van der Waals surface area contributed by atoms with Crippen LogP contribution in [0.2, 0.25) is 0 Å². The maximum Gasteiger partial charge on any atom is 0.224 e. The van der Waals surface area contributed by atoms with Gasteiger partial charge in [-0.3, -0.25) is 4.79 Å². The summed E-state index contributed by atoms with van der Waals surface area (Å²) in [4.78, 5) is 12.5. The lowest BCUT2D eigenvalue weighted by molar-refractivity contribution is -0.121. The topological polar surface area (TPSA) is 29.1 Å². The number of benzene rings is 2. The first-order valence-corrected chi connectivity index (χ1v) is 7.73. The van der Waals surface area contributed by atoms with E-state index in [9.17, 15) is 4.79 Å². The first kappa shape index (κ1) is 15.0. The number of carbonyl (C=O) groups excluding carboxylic acids is 1. The third-order valence-corrected chi connectivity index (χ3v) is 4.83. The van der Waals surface area contributed by atoms with E-state index in [2.05, 4.69) is 39.4 Å². The Morgan fingerprint density at radius 3 is 2.55 bits per heavy atom. The molecular weight excluding hydrogens is 314 g/mol. The zero-order valence-corrected chi connectivity index (χ0v) is 13.7. The lowest BCUT2D eigenvalue weighted by Crippen LogP contribution is -2.49. The van der Waals surface area contributed by atoms with Crippen LogP contribution in [-0.4, -0.2) is 16.3 Å². The van der Waals surface area contributed by atoms with Gasteiger partial charge in [0, 0.05) is 10.4 Å². The number of alkyl halides is 1. The Morgan fingerprint density at radius 1 is 1.20 bits per heavy atom. The minimum atomic E-state index is -0.262. The molecule has 2 nitrogen and oxygen atoms in total. The van der Waals surface area contributed by atoms with E-state index >= 15 is 0 Å². The fraction of sp³-hybridized carbons (Fsp3) is 0.353. The van der Waals surface area contributed by atoms with Crippen LogP contribution in [0.25, 0.3) is 10.8 Å². The molecule has 2 aromatic carbocycles. The summed E-state index contributed by atoms with van der Waals surface area (Å²) in [7, 11) is 0. The highest BCUT2D eigenvalue weighted by molar-refractivity contribution is 9.09. The van der Waals surface area contributed by atoms with Crippen LogP contribution in [0, 0.1) is 0 Å². The van der Waals surface area contributed by atoms with E-state index in [4.69, 9.17) is 0 Å². The molecule has 0 aliphatic carbocycles. The summed E-state index contributed by atoms with van der Waals surface area (Å²) >= 11 is 3.53. The van der Waals surface area contributed by atoms with Crippen LogP contribution in [0.15, 0.2) is 42.5 Å². The molecule has 1 amide bonds. The van der Waals surface area contributed by atoms with Crippen LogP contribution in [0.1, 0.15) is 26.3 Å². The normalized spacial score (nSPS) is 13.2. The van der Waals surface area contributed by atoms with Crippen molar-refractivity contribution in [2.45, 2.75) is 37.6 Å². The number of carbonyl (C=O) groups is 1. The van der Waals surface area contributed by atoms with Crippen molar-refractivity contribution < 1.29 is 4.79 Å². The van der Waals surface area contributed by atoms with Crippen molar-refractivity contribution in [1.82, 2.24) is 5.32 Å². The molecule has 0 heterocycles. The van der Waals surface area contributed by atoms with Crippen LogP contribution >= 0.6 is 15.9 Å². The van der Waals surface area contributed by atoms with Crippen LogP contribution < -0.4 is 5.32 Å². The molecular formula is C17H20BrNO. The zero-order valence-electron chi connectivity index (χ0n) is 12.1. The van der Waals surface area contributed by atoms with Crippen molar-refractivity contribution >= 4 is 32.6 Å². The van der Waals surface area contributed by atoms with E-state index in [1.807, 2.05) is 45.0 Å². The summed E-state index contributed by atoms with van der Waals surface area (Å²) in [6, 6.07) is 14.3. The van der Waals surface area contributed by atoms with Crippen LogP contribution in [-0.2, 0) is 11.2 Å². The van der Waals surface area contributed by atoms with Gasteiger partial charge >= 0.3 is 0 Å². The van der Waals surface area contributed by atoms with Gasteiger partial charge in [0.1, 0.15) is 0 Å². The van der Waals surface area contributed by atoms with E-state index < -0.39 is 0 Å². The molecule has 0 aliphatic heterocycles. The number of hydrogen-bond acceptors (Lipinski definition) is 1. The lowest BCUT2D eigenvalue weighted by atomic mass is 9.99. The molecule has 0 bridgehead atoms. The third kappa shape index (κ3) is 3.40. The van der Waals surface area contributed by atoms with Crippen LogP contribution in [0.4, 0.5) is 0 Å². The second kappa shape index (κ2) is 5.96. The summed E-state index contributed by atoms with van der Waals surface area (Å²) < 4.78 is 0. The summed E-state index contributed by atoms with van der Waals surface area (Å²) in [6.45, 7) is 6.08. The van der Waals surface area contributed by atoms with Crippen molar-refractivity contribution in [3.63, 3.8) is 0 Å². The van der Waals surface area contributed by atoms with Crippen LogP contribution in [0.5, 0.6) is 0 Å². The molecule has 2 aromatic rings. The third-order valence-electron chi connectivity index (χ3n) is 3.69. The second-order valence-electron chi connectivity index (χ2n) is 5.70. The summed E-state index contributed by atoms with van der Waals surface area (Å²) in [5.74, 6) is 0.0534. The molecule has 3 heteroatoms. The van der Waals surface area contributed by atoms with E-state index in [0.29, 0.717) is 6.42 Å². The lowest BCUT2D eigenvalue weighted by Gasteiger charge is -2.29. The van der Waals surface area contributed by atoms with Gasteiger partial charge in [0.15, 0.2) is 0 Å². The number of nitrogens with one attached hydrogen (secondary N) is 1. The predicted octanol–water partition coefficient (Wildman–Crippen LogP) is 4.06. The Kier molecular flexibility index (Phi) is 4.48. The second-order valence-corrected chi connectivity index (χ2v) is 7.07. The molecule has 2 rings (SSSR count). The Bertz CT molecular complexity index is 614. The van der Waals surface area contributed by atoms with Gasteiger partial charge in [-0.15, -0.1) is 0 Å². The maximum absolute atomic E-state index is 12.2. The van der Waals surface area contributed by atoms with Crippen molar-refractivity contribution in [2.24, 2.45) is 0 Å². The van der Waals surface area contributed by atoms with E-state index in [0.717, 1.165) is 10.9 Å². The number of halogens is 1. The highest BCUT2D eigenvalue weighted by Crippen LogP contribution is 2.20. The largest absolute Gasteiger partial charge is 0.350 e. The average molecular weight is 334 g/mol. The zero-order chi connectivity index (χ0) is 14.8. The molecule has 20 heavy (non-hydrogen) atoms. The first-order valence-electron chi connectivity index (χ1n) is 6.82. The van der Waals surface area contributed by atoms with Crippen molar-refractivity contribution in [3.05, 3.63) is 48.0 Å². The van der Waals surface area contributed by atoms with Gasteiger partial charge in [0.25, 0.3) is 0 Å². The van der Waals surface area contributed by atoms with Gasteiger partial charge in [-0.1, -0.05) is 65.3 Å². The Morgan fingerprint density at radius 2 is 1.85 bits per heavy atom. The molecule has 0 aromatic heterocycles. The first-order chi connectivity index (χ1) is 9.40. The molecule has 1 atom stereocenters. The standard InChI is InChI=1S/C17H20BrNO/c1-12(18)17(2,3)19-16(20)11-14-9-6-8-13-7-4-5-10-15(13)14/h4-10,12H,11H2,1-3H3,(H,19,20). The average Bonchev–Trinajstić information content (AvgIpc) is 2.38. The maximum atomic E-state index is 12.2. The molecule has 0 aliphatic rings. The number of hydrogen-bond donors (Lipinski definition) is 1. The smallest absolute Gasteiger partial charge is 0.224 e. The van der Waals surface area contributed by atoms with Gasteiger partial charge in [0.05, 0.1) is 6.42 Å². The van der Waals surface area contributed by atoms with Gasteiger partial charge in [-0.25, -0.2) is 0 Å². The fourth-order valence-corrected chi connectivity index (χ4v) is 2.24. The van der Waals surface area contributed by atoms with Crippen molar-refractivity contribution in [2.75, 3.05) is 0 Å². The monoisotopic (exact) mass is 333 g/mol. The number of amides is 1. The number of fused-ring (bicyclic) bond motifs is 1. The van der Waals surface area contributed by atoms with Gasteiger partial charge < -0.3 is 5.32 Å². The molecule has 0 fully saturated rings. The summed E-state index contributed by atoms with van der Waals surface area (Å²) in [6.07, 6.45) is 0.407. The van der Waals surface area contributed by atoms with E-state index in [-0.39, 0.29) is 16.3 Å². The minimum absolute atomic E-state index is 0.0534. The minimum Gasteiger partial charge on any atom is -0.350 e. The molecule has 0 saturated heterocycles. The summed E-state index contributed by atoms with van der Waals surface area (Å²) in [5.41, 5.74) is 0.806. The quantitative estimate of drug-likeness (QED) is 0.840. The predicted molar refractivity (Wildman–Crippen MR) is 88.3 cm³/mol. The molecule has 1 unspecified atom stereocenters. The Hall–Kier alpha value is -1.35. The number of rotatable bonds is 4.